The molecular formula is C14H14NO2Rb. The first-order chi connectivity index (χ1) is 7.98. The summed E-state index contributed by atoms with van der Waals surface area (Å²) in [6.45, 7) is 5.24. The molecule has 0 N–H and O–H groups in total. The van der Waals surface area contributed by atoms with Crippen molar-refractivity contribution in [3.63, 3.8) is 0 Å². The predicted molar refractivity (Wildman–Crippen MR) is 66.3 cm³/mol. The van der Waals surface area contributed by atoms with Gasteiger partial charge in [0.15, 0.2) is 5.78 Å². The summed E-state index contributed by atoms with van der Waals surface area (Å²) in [6, 6.07) is 6.96. The fraction of sp³-hybridized carbons (Fsp3) is 0.286. The van der Waals surface area contributed by atoms with Crippen LogP contribution >= 0.6 is 0 Å². The zero-order valence-electron chi connectivity index (χ0n) is 11.2. The molecule has 0 radical (unpaired) electrons. The Morgan fingerprint density at radius 3 is 2.39 bits per heavy atom. The van der Waals surface area contributed by atoms with Crippen molar-refractivity contribution in [1.82, 2.24) is 0 Å². The molecule has 1 aliphatic rings. The summed E-state index contributed by atoms with van der Waals surface area (Å²) in [6.07, 6.45) is 1.71. The first-order valence-electron chi connectivity index (χ1n) is 5.55. The molecule has 0 fully saturated rings. The zero-order valence-corrected chi connectivity index (χ0v) is 16.1. The van der Waals surface area contributed by atoms with E-state index in [9.17, 15) is 9.59 Å². The fourth-order valence-electron chi connectivity index (χ4n) is 2.05. The number of ketones is 1. The van der Waals surface area contributed by atoms with Crippen molar-refractivity contribution < 1.29 is 67.8 Å². The number of carbonyl (C=O) groups excluding carboxylic acids is 2. The van der Waals surface area contributed by atoms with Gasteiger partial charge in [0.25, 0.3) is 0 Å². The molecule has 1 aliphatic heterocycles. The smallest absolute Gasteiger partial charge is 0.626 e. The number of allylic oxidation sites excluding steroid dienone is 1. The molecule has 0 atom stereocenters. The maximum atomic E-state index is 12.3. The van der Waals surface area contributed by atoms with Crippen LogP contribution in [-0.4, -0.2) is 11.7 Å². The average molecular weight is 314 g/mol. The average Bonchev–Trinajstić information content (AvgIpc) is 2.35. The Labute approximate surface area is 156 Å². The van der Waals surface area contributed by atoms with Crippen molar-refractivity contribution in [1.29, 1.82) is 0 Å². The number of fused-ring (bicyclic) bond motifs is 1. The Morgan fingerprint density at radius 2 is 1.78 bits per heavy atom. The molecule has 0 unspecified atom stereocenters. The third-order valence-corrected chi connectivity index (χ3v) is 3.11. The molecule has 1 amide bonds. The Bertz CT molecular complexity index is 532. The standard InChI is InChI=1S/C14H15NO2.Rb/c1-4-10-12(16)9-7-5-6-8-11(9)15-13(17)14(10,2)3;/h4-8H,1-3H3,(H,15,16,17);/q;+1/p-1/b10-4-;. The van der Waals surface area contributed by atoms with Gasteiger partial charge in [-0.2, -0.15) is 0 Å². The van der Waals surface area contributed by atoms with E-state index in [0.717, 1.165) is 0 Å². The Hall–Kier alpha value is -0.0948. The molecule has 0 saturated carbocycles. The van der Waals surface area contributed by atoms with Crippen LogP contribution in [0.2, 0.25) is 0 Å². The number of rotatable bonds is 0. The van der Waals surface area contributed by atoms with Crippen LogP contribution < -0.4 is 58.2 Å². The normalized spacial score (nSPS) is 19.6. The van der Waals surface area contributed by atoms with Crippen molar-refractivity contribution in [3.8, 4) is 0 Å². The number of nitrogens with zero attached hydrogens (tertiary/aromatic N) is 1. The van der Waals surface area contributed by atoms with Crippen molar-refractivity contribution in [2.45, 2.75) is 20.8 Å². The van der Waals surface area contributed by atoms with Gasteiger partial charge in [-0.3, -0.25) is 4.79 Å². The summed E-state index contributed by atoms with van der Waals surface area (Å²) in [5, 5.41) is 4.04. The molecule has 0 saturated heterocycles. The summed E-state index contributed by atoms with van der Waals surface area (Å²) >= 11 is 0. The first-order valence-corrected chi connectivity index (χ1v) is 5.55. The molecule has 1 heterocycles. The van der Waals surface area contributed by atoms with E-state index in [1.54, 1.807) is 51.1 Å². The molecule has 3 nitrogen and oxygen atoms in total. The second-order valence-corrected chi connectivity index (χ2v) is 4.59. The maximum absolute atomic E-state index is 12.3. The minimum Gasteiger partial charge on any atom is -0.626 e. The zero-order chi connectivity index (χ0) is 12.6. The van der Waals surface area contributed by atoms with Crippen LogP contribution in [0.3, 0.4) is 0 Å². The molecule has 2 rings (SSSR count). The SMILES string of the molecule is C/C=C1/C(=O)c2ccccc2[N-]C(=O)C1(C)C.[Rb+]. The summed E-state index contributed by atoms with van der Waals surface area (Å²) in [5.41, 5.74) is 0.619. The van der Waals surface area contributed by atoms with Crippen LogP contribution in [0.25, 0.3) is 5.32 Å². The molecule has 0 aromatic heterocycles. The largest absolute Gasteiger partial charge is 1.00 e. The maximum Gasteiger partial charge on any atom is 1.00 e. The molecule has 0 spiro atoms. The van der Waals surface area contributed by atoms with E-state index in [1.165, 1.54) is 0 Å². The van der Waals surface area contributed by atoms with Crippen LogP contribution in [0.5, 0.6) is 0 Å². The van der Waals surface area contributed by atoms with Crippen molar-refractivity contribution in [2.75, 3.05) is 0 Å². The number of carbonyl (C=O) groups is 2. The quantitative estimate of drug-likeness (QED) is 0.651. The second-order valence-electron chi connectivity index (χ2n) is 4.59. The van der Waals surface area contributed by atoms with Crippen LogP contribution in [0.4, 0.5) is 5.69 Å². The van der Waals surface area contributed by atoms with Gasteiger partial charge in [0.2, 0.25) is 0 Å². The summed E-state index contributed by atoms with van der Waals surface area (Å²) in [5.74, 6) is -0.383. The van der Waals surface area contributed by atoms with Crippen LogP contribution in [0, 0.1) is 5.41 Å². The number of hydrogen-bond donors (Lipinski definition) is 0. The topological polar surface area (TPSA) is 48.2 Å². The van der Waals surface area contributed by atoms with Gasteiger partial charge in [0.1, 0.15) is 0 Å². The molecule has 1 aromatic carbocycles. The van der Waals surface area contributed by atoms with Gasteiger partial charge in [-0.25, -0.2) is 0 Å². The van der Waals surface area contributed by atoms with E-state index >= 15 is 0 Å². The van der Waals surface area contributed by atoms with Gasteiger partial charge in [0.05, 0.1) is 5.91 Å². The second kappa shape index (κ2) is 5.91. The van der Waals surface area contributed by atoms with E-state index in [0.29, 0.717) is 16.8 Å². The first kappa shape index (κ1) is 16.0. The minimum atomic E-state index is -0.856. The van der Waals surface area contributed by atoms with Gasteiger partial charge in [-0.1, -0.05) is 44.2 Å². The van der Waals surface area contributed by atoms with Gasteiger partial charge in [-0.05, 0) is 6.92 Å². The minimum absolute atomic E-state index is 0. The van der Waals surface area contributed by atoms with E-state index in [4.69, 9.17) is 0 Å². The number of benzene rings is 1. The van der Waals surface area contributed by atoms with Crippen LogP contribution in [0.15, 0.2) is 35.9 Å². The predicted octanol–water partition coefficient (Wildman–Crippen LogP) is 0.391. The van der Waals surface area contributed by atoms with E-state index in [2.05, 4.69) is 5.32 Å². The Kier molecular flexibility index (Phi) is 5.24. The molecule has 0 aliphatic carbocycles. The van der Waals surface area contributed by atoms with Crippen molar-refractivity contribution in [2.24, 2.45) is 5.41 Å². The van der Waals surface area contributed by atoms with Gasteiger partial charge < -0.3 is 10.1 Å². The molecule has 1 aromatic rings. The number of amides is 1. The van der Waals surface area contributed by atoms with Crippen molar-refractivity contribution >= 4 is 17.4 Å². The molecular weight excluding hydrogens is 300 g/mol. The third kappa shape index (κ3) is 2.59. The number of Topliss-reactive ketones (excluding diaryl/α,β-unsaturated/α-hetero) is 1. The molecule has 0 bridgehead atoms. The van der Waals surface area contributed by atoms with Crippen molar-refractivity contribution in [3.05, 3.63) is 46.8 Å². The van der Waals surface area contributed by atoms with E-state index in [1.807, 2.05) is 0 Å². The summed E-state index contributed by atoms with van der Waals surface area (Å²) in [4.78, 5) is 24.4. The third-order valence-electron chi connectivity index (χ3n) is 3.11. The van der Waals surface area contributed by atoms with Crippen LogP contribution in [-0.2, 0) is 4.79 Å². The van der Waals surface area contributed by atoms with Gasteiger partial charge in [-0.15, -0.1) is 5.69 Å². The molecule has 18 heavy (non-hydrogen) atoms. The summed E-state index contributed by atoms with van der Waals surface area (Å²) < 4.78 is 0. The fourth-order valence-corrected chi connectivity index (χ4v) is 2.05. The Morgan fingerprint density at radius 1 is 1.17 bits per heavy atom. The molecule has 4 heteroatoms. The number of hydrogen-bond acceptors (Lipinski definition) is 2. The summed E-state index contributed by atoms with van der Waals surface area (Å²) in [7, 11) is 0. The molecule has 88 valence electrons. The van der Waals surface area contributed by atoms with E-state index < -0.39 is 5.41 Å². The monoisotopic (exact) mass is 313 g/mol. The van der Waals surface area contributed by atoms with Gasteiger partial charge in [0, 0.05) is 16.6 Å². The van der Waals surface area contributed by atoms with Gasteiger partial charge >= 0.3 is 58.2 Å². The number of para-hydroxylation sites is 1. The van der Waals surface area contributed by atoms with E-state index in [-0.39, 0.29) is 69.9 Å². The Balaban J connectivity index is 0.00000162. The van der Waals surface area contributed by atoms with Crippen LogP contribution in [0.1, 0.15) is 31.1 Å².